The molecule has 0 atom stereocenters. The SMILES string of the molecule is CCCOc1ccc(OCC(=O)NCc2nc3ccccc3[nH]2)cc1. The van der Waals surface area contributed by atoms with Gasteiger partial charge in [0.2, 0.25) is 0 Å². The number of nitrogens with one attached hydrogen (secondary N) is 2. The number of nitrogens with zero attached hydrogens (tertiary/aromatic N) is 1. The summed E-state index contributed by atoms with van der Waals surface area (Å²) in [4.78, 5) is 19.5. The van der Waals surface area contributed by atoms with Gasteiger partial charge in [-0.05, 0) is 42.8 Å². The van der Waals surface area contributed by atoms with Crippen LogP contribution < -0.4 is 14.8 Å². The number of aromatic nitrogens is 2. The topological polar surface area (TPSA) is 76.2 Å². The first-order valence-electron chi connectivity index (χ1n) is 8.30. The Hall–Kier alpha value is -3.02. The minimum Gasteiger partial charge on any atom is -0.494 e. The summed E-state index contributed by atoms with van der Waals surface area (Å²) in [5.41, 5.74) is 1.83. The van der Waals surface area contributed by atoms with Crippen molar-refractivity contribution in [2.75, 3.05) is 13.2 Å². The normalized spacial score (nSPS) is 10.6. The van der Waals surface area contributed by atoms with Crippen LogP contribution in [0.3, 0.4) is 0 Å². The van der Waals surface area contributed by atoms with Crippen molar-refractivity contribution in [1.29, 1.82) is 0 Å². The minimum atomic E-state index is -0.202. The second-order valence-corrected chi connectivity index (χ2v) is 5.59. The molecule has 0 radical (unpaired) electrons. The van der Waals surface area contributed by atoms with Crippen LogP contribution in [0, 0.1) is 0 Å². The largest absolute Gasteiger partial charge is 0.494 e. The van der Waals surface area contributed by atoms with E-state index < -0.39 is 0 Å². The van der Waals surface area contributed by atoms with E-state index in [0.717, 1.165) is 23.2 Å². The summed E-state index contributed by atoms with van der Waals surface area (Å²) in [6.07, 6.45) is 0.962. The van der Waals surface area contributed by atoms with Crippen LogP contribution in [0.1, 0.15) is 19.2 Å². The number of imidazole rings is 1. The molecule has 1 heterocycles. The molecule has 3 rings (SSSR count). The number of H-pyrrole nitrogens is 1. The molecule has 2 N–H and O–H groups in total. The highest BCUT2D eigenvalue weighted by Gasteiger charge is 2.06. The van der Waals surface area contributed by atoms with E-state index in [2.05, 4.69) is 22.2 Å². The van der Waals surface area contributed by atoms with Gasteiger partial charge in [0.05, 0.1) is 24.2 Å². The van der Waals surface area contributed by atoms with Gasteiger partial charge in [0.25, 0.3) is 5.91 Å². The zero-order chi connectivity index (χ0) is 17.5. The van der Waals surface area contributed by atoms with Crippen LogP contribution in [0.5, 0.6) is 11.5 Å². The number of aromatic amines is 1. The number of para-hydroxylation sites is 2. The van der Waals surface area contributed by atoms with E-state index in [1.807, 2.05) is 36.4 Å². The Morgan fingerprint density at radius 3 is 2.52 bits per heavy atom. The molecule has 0 saturated carbocycles. The molecule has 1 aromatic heterocycles. The maximum atomic E-state index is 11.9. The van der Waals surface area contributed by atoms with E-state index in [1.54, 1.807) is 12.1 Å². The number of amides is 1. The highest BCUT2D eigenvalue weighted by atomic mass is 16.5. The molecule has 0 spiro atoms. The lowest BCUT2D eigenvalue weighted by Crippen LogP contribution is -2.28. The fraction of sp³-hybridized carbons (Fsp3) is 0.263. The van der Waals surface area contributed by atoms with E-state index in [9.17, 15) is 4.79 Å². The van der Waals surface area contributed by atoms with E-state index in [1.165, 1.54) is 0 Å². The van der Waals surface area contributed by atoms with Crippen molar-refractivity contribution >= 4 is 16.9 Å². The van der Waals surface area contributed by atoms with Gasteiger partial charge in [-0.25, -0.2) is 4.98 Å². The summed E-state index contributed by atoms with van der Waals surface area (Å²) in [7, 11) is 0. The van der Waals surface area contributed by atoms with Crippen LogP contribution in [0.15, 0.2) is 48.5 Å². The number of ether oxygens (including phenoxy) is 2. The van der Waals surface area contributed by atoms with Crippen molar-refractivity contribution in [3.63, 3.8) is 0 Å². The molecule has 0 aliphatic heterocycles. The highest BCUT2D eigenvalue weighted by molar-refractivity contribution is 5.78. The monoisotopic (exact) mass is 339 g/mol. The van der Waals surface area contributed by atoms with Crippen molar-refractivity contribution in [3.8, 4) is 11.5 Å². The lowest BCUT2D eigenvalue weighted by atomic mass is 10.3. The minimum absolute atomic E-state index is 0.0462. The number of rotatable bonds is 8. The first kappa shape index (κ1) is 16.8. The fourth-order valence-corrected chi connectivity index (χ4v) is 2.32. The summed E-state index contributed by atoms with van der Waals surface area (Å²) in [6.45, 7) is 3.03. The Balaban J connectivity index is 1.44. The molecular formula is C19H21N3O3. The second kappa shape index (κ2) is 8.19. The molecule has 25 heavy (non-hydrogen) atoms. The maximum absolute atomic E-state index is 11.9. The Morgan fingerprint density at radius 2 is 1.80 bits per heavy atom. The number of carbonyl (C=O) groups excluding carboxylic acids is 1. The van der Waals surface area contributed by atoms with Gasteiger partial charge in [-0.15, -0.1) is 0 Å². The molecule has 2 aromatic carbocycles. The van der Waals surface area contributed by atoms with Gasteiger partial charge in [-0.2, -0.15) is 0 Å². The van der Waals surface area contributed by atoms with Gasteiger partial charge in [-0.3, -0.25) is 4.79 Å². The van der Waals surface area contributed by atoms with Gasteiger partial charge in [0.15, 0.2) is 6.61 Å². The van der Waals surface area contributed by atoms with Crippen LogP contribution in [0.25, 0.3) is 11.0 Å². The molecule has 0 fully saturated rings. The first-order valence-corrected chi connectivity index (χ1v) is 8.30. The number of fused-ring (bicyclic) bond motifs is 1. The Morgan fingerprint density at radius 1 is 1.08 bits per heavy atom. The number of hydrogen-bond acceptors (Lipinski definition) is 4. The van der Waals surface area contributed by atoms with Gasteiger partial charge in [0, 0.05) is 0 Å². The lowest BCUT2D eigenvalue weighted by Gasteiger charge is -2.08. The number of carbonyl (C=O) groups is 1. The Bertz CT molecular complexity index is 794. The van der Waals surface area contributed by atoms with Crippen LogP contribution >= 0.6 is 0 Å². The Labute approximate surface area is 146 Å². The first-order chi connectivity index (χ1) is 12.2. The standard InChI is InChI=1S/C19H21N3O3/c1-2-11-24-14-7-9-15(10-8-14)25-13-19(23)20-12-18-21-16-5-3-4-6-17(16)22-18/h3-10H,2,11-13H2,1H3,(H,20,23)(H,21,22). The zero-order valence-corrected chi connectivity index (χ0v) is 14.1. The summed E-state index contributed by atoms with van der Waals surface area (Å²) in [5.74, 6) is 1.94. The van der Waals surface area contributed by atoms with E-state index >= 15 is 0 Å². The van der Waals surface area contributed by atoms with Gasteiger partial charge < -0.3 is 19.8 Å². The third-order valence-electron chi connectivity index (χ3n) is 3.56. The molecule has 0 saturated heterocycles. The predicted molar refractivity (Wildman–Crippen MR) is 95.7 cm³/mol. The van der Waals surface area contributed by atoms with Crippen LogP contribution in [-0.4, -0.2) is 29.1 Å². The Kier molecular flexibility index (Phi) is 5.51. The van der Waals surface area contributed by atoms with Crippen molar-refractivity contribution in [3.05, 3.63) is 54.4 Å². The maximum Gasteiger partial charge on any atom is 0.258 e. The van der Waals surface area contributed by atoms with Gasteiger partial charge in [0.1, 0.15) is 17.3 Å². The van der Waals surface area contributed by atoms with E-state index in [0.29, 0.717) is 24.7 Å². The van der Waals surface area contributed by atoms with Crippen LogP contribution in [-0.2, 0) is 11.3 Å². The fourth-order valence-electron chi connectivity index (χ4n) is 2.32. The molecule has 130 valence electrons. The van der Waals surface area contributed by atoms with E-state index in [4.69, 9.17) is 9.47 Å². The molecule has 6 heteroatoms. The van der Waals surface area contributed by atoms with E-state index in [-0.39, 0.29) is 12.5 Å². The molecule has 0 aliphatic carbocycles. The van der Waals surface area contributed by atoms with Crippen molar-refractivity contribution in [2.45, 2.75) is 19.9 Å². The molecule has 1 amide bonds. The van der Waals surface area contributed by atoms with Crippen molar-refractivity contribution in [2.24, 2.45) is 0 Å². The molecular weight excluding hydrogens is 318 g/mol. The zero-order valence-electron chi connectivity index (χ0n) is 14.1. The quantitative estimate of drug-likeness (QED) is 0.661. The lowest BCUT2D eigenvalue weighted by molar-refractivity contribution is -0.123. The van der Waals surface area contributed by atoms with Gasteiger partial charge in [-0.1, -0.05) is 19.1 Å². The molecule has 0 bridgehead atoms. The second-order valence-electron chi connectivity index (χ2n) is 5.59. The van der Waals surface area contributed by atoms with Crippen molar-refractivity contribution < 1.29 is 14.3 Å². The smallest absolute Gasteiger partial charge is 0.258 e. The third kappa shape index (κ3) is 4.73. The van der Waals surface area contributed by atoms with Crippen molar-refractivity contribution in [1.82, 2.24) is 15.3 Å². The van der Waals surface area contributed by atoms with Crippen LogP contribution in [0.2, 0.25) is 0 Å². The summed E-state index contributed by atoms with van der Waals surface area (Å²) < 4.78 is 11.0. The molecule has 3 aromatic rings. The van der Waals surface area contributed by atoms with Crippen LogP contribution in [0.4, 0.5) is 0 Å². The summed E-state index contributed by atoms with van der Waals surface area (Å²) in [6, 6.07) is 15.0. The third-order valence-corrected chi connectivity index (χ3v) is 3.56. The number of hydrogen-bond donors (Lipinski definition) is 2. The molecule has 0 unspecified atom stereocenters. The molecule has 0 aliphatic rings. The predicted octanol–water partition coefficient (Wildman–Crippen LogP) is 3.05. The average molecular weight is 339 g/mol. The highest BCUT2D eigenvalue weighted by Crippen LogP contribution is 2.17. The van der Waals surface area contributed by atoms with Gasteiger partial charge >= 0.3 is 0 Å². The summed E-state index contributed by atoms with van der Waals surface area (Å²) in [5, 5.41) is 2.79. The number of benzene rings is 2. The summed E-state index contributed by atoms with van der Waals surface area (Å²) >= 11 is 0. The molecule has 6 nitrogen and oxygen atoms in total. The average Bonchev–Trinajstić information content (AvgIpc) is 3.07.